The SMILES string of the molecule is [2H]c1c([2H])c([2H])c2c(-c3c4c([2H])c([2H])c([2H])c([2H])c4c(-c4cc5cc(-c6ccccc6)oc5c5c4oc4ccccc45)c4c([2H])c([2H])c([2H])c([2H])c34)c([2H])c([2H])c([2H])c2c1[2H]. The van der Waals surface area contributed by atoms with Gasteiger partial charge in [0.25, 0.3) is 0 Å². The second-order valence-corrected chi connectivity index (χ2v) is 10.9. The minimum atomic E-state index is -0.775. The van der Waals surface area contributed by atoms with Gasteiger partial charge in [0.05, 0.1) is 25.9 Å². The van der Waals surface area contributed by atoms with Crippen molar-refractivity contribution in [1.29, 1.82) is 0 Å². The largest absolute Gasteiger partial charge is 0.455 e. The molecule has 0 saturated heterocycles. The molecule has 0 atom stereocenters. The van der Waals surface area contributed by atoms with Crippen LogP contribution in [0, 0.1) is 0 Å². The lowest BCUT2D eigenvalue weighted by Crippen LogP contribution is -1.92. The molecule has 0 aliphatic carbocycles. The lowest BCUT2D eigenvalue weighted by atomic mass is 9.84. The third kappa shape index (κ3) is 3.59. The summed E-state index contributed by atoms with van der Waals surface area (Å²) in [5.41, 5.74) is 1.03. The molecule has 46 heavy (non-hydrogen) atoms. The Morgan fingerprint density at radius 3 is 1.78 bits per heavy atom. The molecule has 2 aromatic heterocycles. The summed E-state index contributed by atoms with van der Waals surface area (Å²) >= 11 is 0. The van der Waals surface area contributed by atoms with E-state index >= 15 is 0 Å². The van der Waals surface area contributed by atoms with Gasteiger partial charge in [0, 0.05) is 27.5 Å². The minimum Gasteiger partial charge on any atom is -0.455 e. The first-order valence-corrected chi connectivity index (χ1v) is 14.5. The van der Waals surface area contributed by atoms with Crippen LogP contribution in [-0.2, 0) is 0 Å². The van der Waals surface area contributed by atoms with E-state index in [1.807, 2.05) is 42.5 Å². The van der Waals surface area contributed by atoms with Crippen LogP contribution in [0.5, 0.6) is 0 Å². The zero-order valence-electron chi connectivity index (χ0n) is 38.7. The van der Waals surface area contributed by atoms with Crippen LogP contribution in [0.25, 0.3) is 98.8 Å². The van der Waals surface area contributed by atoms with Gasteiger partial charge in [-0.1, -0.05) is 139 Å². The Labute approximate surface area is 285 Å². The normalized spacial score (nSPS) is 16.5. The summed E-state index contributed by atoms with van der Waals surface area (Å²) in [6, 6.07) is 9.33. The molecule has 0 saturated carbocycles. The van der Waals surface area contributed by atoms with E-state index in [2.05, 4.69) is 0 Å². The Balaban J connectivity index is 1.54. The summed E-state index contributed by atoms with van der Waals surface area (Å²) in [6.45, 7) is 0. The molecule has 0 aliphatic rings. The summed E-state index contributed by atoms with van der Waals surface area (Å²) < 4.78 is 149. The first-order valence-electron chi connectivity index (χ1n) is 22.0. The number of hydrogen-bond acceptors (Lipinski definition) is 2. The summed E-state index contributed by atoms with van der Waals surface area (Å²) in [6.07, 6.45) is 0. The molecule has 0 N–H and O–H groups in total. The summed E-state index contributed by atoms with van der Waals surface area (Å²) in [5, 5.41) is -0.428. The van der Waals surface area contributed by atoms with E-state index < -0.39 is 113 Å². The average molecular weight is 602 g/mol. The monoisotopic (exact) mass is 601 g/mol. The van der Waals surface area contributed by atoms with Crippen molar-refractivity contribution in [2.24, 2.45) is 0 Å². The van der Waals surface area contributed by atoms with Crippen molar-refractivity contribution in [3.05, 3.63) is 157 Å². The number of fused-ring (bicyclic) bond motifs is 8. The molecule has 0 spiro atoms. The van der Waals surface area contributed by atoms with Gasteiger partial charge in [-0.2, -0.15) is 0 Å². The number of hydrogen-bond donors (Lipinski definition) is 0. The summed E-state index contributed by atoms with van der Waals surface area (Å²) in [7, 11) is 0. The van der Waals surface area contributed by atoms with Gasteiger partial charge in [0.15, 0.2) is 0 Å². The fourth-order valence-electron chi connectivity index (χ4n) is 6.46. The second-order valence-electron chi connectivity index (χ2n) is 10.9. The fraction of sp³-hybridized carbons (Fsp3) is 0. The van der Waals surface area contributed by atoms with E-state index in [1.54, 1.807) is 24.3 Å². The molecule has 10 aromatic rings. The van der Waals surface area contributed by atoms with Gasteiger partial charge < -0.3 is 8.83 Å². The smallest absolute Gasteiger partial charge is 0.147 e. The van der Waals surface area contributed by atoms with Crippen LogP contribution < -0.4 is 0 Å². The minimum absolute atomic E-state index is 0.0675. The first kappa shape index (κ1) is 14.8. The second kappa shape index (κ2) is 9.69. The predicted molar refractivity (Wildman–Crippen MR) is 192 cm³/mol. The highest BCUT2D eigenvalue weighted by Gasteiger charge is 2.24. The van der Waals surface area contributed by atoms with Crippen LogP contribution in [-0.4, -0.2) is 0 Å². The number of benzene rings is 8. The van der Waals surface area contributed by atoms with Crippen LogP contribution in [0.2, 0.25) is 0 Å². The van der Waals surface area contributed by atoms with Crippen molar-refractivity contribution >= 4 is 65.2 Å². The summed E-state index contributed by atoms with van der Waals surface area (Å²) in [4.78, 5) is 0. The van der Waals surface area contributed by atoms with Gasteiger partial charge in [0.2, 0.25) is 0 Å². The van der Waals surface area contributed by atoms with E-state index in [9.17, 15) is 6.85 Å². The van der Waals surface area contributed by atoms with Gasteiger partial charge >= 0.3 is 0 Å². The molecule has 10 rings (SSSR count). The van der Waals surface area contributed by atoms with Crippen molar-refractivity contribution in [2.45, 2.75) is 0 Å². The average Bonchev–Trinajstić information content (AvgIpc) is 3.88. The van der Waals surface area contributed by atoms with Crippen molar-refractivity contribution in [3.8, 4) is 33.6 Å². The highest BCUT2D eigenvalue weighted by Crippen LogP contribution is 2.49. The highest BCUT2D eigenvalue weighted by molar-refractivity contribution is 6.28. The standard InChI is InChI=1S/C44H26O2/c1-2-14-28(15-3-1)39-26-29-25-37(44-42(43(29)46-39)36-22-10-11-24-38(36)45-44)41-34-20-8-6-18-32(34)40(33-19-7-9-21-35(33)41)31-23-12-16-27-13-4-5-17-30(27)31/h1-26H/i4D,5D,6D,7D,8D,9D,12D,13D,16D,17D,18D,19D,20D,21D,23D. The van der Waals surface area contributed by atoms with Crippen LogP contribution in [0.15, 0.2) is 166 Å². The third-order valence-electron chi connectivity index (χ3n) is 8.39. The highest BCUT2D eigenvalue weighted by atomic mass is 16.3. The molecule has 2 heterocycles. The predicted octanol–water partition coefficient (Wildman–Crippen LogP) is 12.8. The van der Waals surface area contributed by atoms with Crippen LogP contribution in [0.3, 0.4) is 0 Å². The molecular weight excluding hydrogens is 560 g/mol. The molecule has 0 bridgehead atoms. The fourth-order valence-corrected chi connectivity index (χ4v) is 6.46. The first-order chi connectivity index (χ1) is 29.1. The summed E-state index contributed by atoms with van der Waals surface area (Å²) in [5.74, 6) is 0.497. The maximum atomic E-state index is 9.53. The maximum absolute atomic E-state index is 9.53. The zero-order valence-corrected chi connectivity index (χ0v) is 23.7. The lowest BCUT2D eigenvalue weighted by molar-refractivity contribution is 0.633. The molecule has 2 heteroatoms. The Morgan fingerprint density at radius 2 is 1.04 bits per heavy atom. The molecule has 0 fully saturated rings. The Morgan fingerprint density at radius 1 is 0.435 bits per heavy atom. The van der Waals surface area contributed by atoms with Gasteiger partial charge in [-0.15, -0.1) is 0 Å². The van der Waals surface area contributed by atoms with Crippen LogP contribution in [0.4, 0.5) is 0 Å². The van der Waals surface area contributed by atoms with Gasteiger partial charge in [-0.3, -0.25) is 0 Å². The van der Waals surface area contributed by atoms with Crippen LogP contribution in [0.1, 0.15) is 20.6 Å². The van der Waals surface area contributed by atoms with Gasteiger partial charge in [-0.05, 0) is 61.6 Å². The molecule has 0 unspecified atom stereocenters. The van der Waals surface area contributed by atoms with Gasteiger partial charge in [0.1, 0.15) is 22.5 Å². The quantitative estimate of drug-likeness (QED) is 0.188. The van der Waals surface area contributed by atoms with Crippen molar-refractivity contribution in [3.63, 3.8) is 0 Å². The maximum Gasteiger partial charge on any atom is 0.147 e. The number of rotatable bonds is 3. The molecule has 2 nitrogen and oxygen atoms in total. The van der Waals surface area contributed by atoms with E-state index in [4.69, 9.17) is 22.5 Å². The molecule has 0 amide bonds. The Hall–Kier alpha value is -6.12. The Kier molecular flexibility index (Phi) is 3.11. The molecule has 214 valence electrons. The number of para-hydroxylation sites is 1. The van der Waals surface area contributed by atoms with Crippen molar-refractivity contribution in [1.82, 2.24) is 0 Å². The lowest BCUT2D eigenvalue weighted by Gasteiger charge is -2.19. The molecule has 0 aliphatic heterocycles. The molecule has 0 radical (unpaired) electrons. The third-order valence-corrected chi connectivity index (χ3v) is 8.39. The van der Waals surface area contributed by atoms with Crippen LogP contribution >= 0.6 is 0 Å². The van der Waals surface area contributed by atoms with Crippen molar-refractivity contribution in [2.75, 3.05) is 0 Å². The van der Waals surface area contributed by atoms with E-state index in [0.717, 1.165) is 5.56 Å². The number of furan rings is 2. The van der Waals surface area contributed by atoms with Crippen molar-refractivity contribution < 1.29 is 29.4 Å². The zero-order chi connectivity index (χ0) is 43.2. The van der Waals surface area contributed by atoms with E-state index in [0.29, 0.717) is 33.1 Å². The Bertz CT molecular complexity index is 3560. The van der Waals surface area contributed by atoms with E-state index in [1.165, 1.54) is 0 Å². The topological polar surface area (TPSA) is 26.3 Å². The molecular formula is C44H26O2. The van der Waals surface area contributed by atoms with Gasteiger partial charge in [-0.25, -0.2) is 0 Å². The van der Waals surface area contributed by atoms with E-state index in [-0.39, 0.29) is 38.3 Å². The molecule has 8 aromatic carbocycles.